The SMILES string of the molecule is C=CCOc1ccc(C2c3c(-c4c(C)cc(C)cc4O)n[nH]c3C(=O)N2CCCCC)cc1OC. The summed E-state index contributed by atoms with van der Waals surface area (Å²) in [5, 5.41) is 18.3. The molecule has 0 aliphatic carbocycles. The molecule has 7 heteroatoms. The van der Waals surface area contributed by atoms with Crippen molar-refractivity contribution in [1.29, 1.82) is 0 Å². The topological polar surface area (TPSA) is 87.7 Å². The summed E-state index contributed by atoms with van der Waals surface area (Å²) in [5.41, 5.74) is 5.23. The van der Waals surface area contributed by atoms with Crippen LogP contribution in [0.1, 0.15) is 65.0 Å². The smallest absolute Gasteiger partial charge is 0.273 e. The van der Waals surface area contributed by atoms with Crippen LogP contribution in [0.4, 0.5) is 0 Å². The number of methoxy groups -OCH3 is 1. The number of benzene rings is 2. The van der Waals surface area contributed by atoms with E-state index in [1.54, 1.807) is 19.3 Å². The van der Waals surface area contributed by atoms with E-state index in [1.807, 2.05) is 43.0 Å². The number of carbonyl (C=O) groups excluding carboxylic acids is 1. The molecule has 4 rings (SSSR count). The third-order valence-corrected chi connectivity index (χ3v) is 6.42. The lowest BCUT2D eigenvalue weighted by Gasteiger charge is -2.27. The molecule has 7 nitrogen and oxygen atoms in total. The number of nitrogens with one attached hydrogen (secondary N) is 1. The van der Waals surface area contributed by atoms with Crippen LogP contribution >= 0.6 is 0 Å². The molecule has 1 aliphatic rings. The van der Waals surface area contributed by atoms with E-state index in [9.17, 15) is 9.90 Å². The Morgan fingerprint density at radius 2 is 2.00 bits per heavy atom. The number of nitrogens with zero attached hydrogens (tertiary/aromatic N) is 2. The summed E-state index contributed by atoms with van der Waals surface area (Å²) >= 11 is 0. The number of aromatic hydroxyl groups is 1. The lowest BCUT2D eigenvalue weighted by molar-refractivity contribution is 0.0740. The molecule has 0 spiro atoms. The molecule has 0 bridgehead atoms. The molecule has 1 aliphatic heterocycles. The average molecular weight is 476 g/mol. The highest BCUT2D eigenvalue weighted by Gasteiger charge is 2.42. The number of unbranched alkanes of at least 4 members (excludes halogenated alkanes) is 2. The predicted octanol–water partition coefficient (Wildman–Crippen LogP) is 5.71. The fraction of sp³-hybridized carbons (Fsp3) is 0.357. The molecular weight excluding hydrogens is 442 g/mol. The van der Waals surface area contributed by atoms with Crippen LogP contribution in [0.5, 0.6) is 17.2 Å². The summed E-state index contributed by atoms with van der Waals surface area (Å²) in [5.74, 6) is 1.25. The number of hydrogen-bond donors (Lipinski definition) is 2. The lowest BCUT2D eigenvalue weighted by atomic mass is 9.93. The maximum atomic E-state index is 13.5. The van der Waals surface area contributed by atoms with Crippen LogP contribution in [0.3, 0.4) is 0 Å². The molecule has 0 saturated heterocycles. The Labute approximate surface area is 206 Å². The van der Waals surface area contributed by atoms with Crippen LogP contribution in [0.15, 0.2) is 43.0 Å². The summed E-state index contributed by atoms with van der Waals surface area (Å²) in [6.07, 6.45) is 4.67. The summed E-state index contributed by atoms with van der Waals surface area (Å²) in [6, 6.07) is 9.10. The van der Waals surface area contributed by atoms with Gasteiger partial charge in [-0.15, -0.1) is 0 Å². The van der Waals surface area contributed by atoms with Gasteiger partial charge in [-0.25, -0.2) is 0 Å². The van der Waals surface area contributed by atoms with Crippen molar-refractivity contribution in [2.24, 2.45) is 0 Å². The highest BCUT2D eigenvalue weighted by Crippen LogP contribution is 2.46. The number of aromatic amines is 1. The standard InChI is InChI=1S/C28H33N3O4/c1-6-8-9-12-31-27(19-10-11-21(35-13-7-2)22(16-19)34-5)24-25(29-30-26(24)28(31)33)23-18(4)14-17(3)15-20(23)32/h7,10-11,14-16,27,32H,2,6,8-9,12-13H2,1,3-5H3,(H,29,30). The van der Waals surface area contributed by atoms with Crippen LogP contribution < -0.4 is 9.47 Å². The zero-order valence-electron chi connectivity index (χ0n) is 20.9. The van der Waals surface area contributed by atoms with Crippen LogP contribution in [0, 0.1) is 13.8 Å². The average Bonchev–Trinajstić information content (AvgIpc) is 3.36. The molecule has 2 heterocycles. The van der Waals surface area contributed by atoms with Crippen molar-refractivity contribution in [3.8, 4) is 28.5 Å². The van der Waals surface area contributed by atoms with Gasteiger partial charge in [0, 0.05) is 17.7 Å². The fourth-order valence-corrected chi connectivity index (χ4v) is 4.87. The summed E-state index contributed by atoms with van der Waals surface area (Å²) in [4.78, 5) is 15.4. The molecule has 1 unspecified atom stereocenters. The zero-order chi connectivity index (χ0) is 25.1. The highest BCUT2D eigenvalue weighted by molar-refractivity contribution is 6.00. The molecular formula is C28H33N3O4. The molecule has 1 aromatic heterocycles. The molecule has 0 radical (unpaired) electrons. The van der Waals surface area contributed by atoms with E-state index in [1.165, 1.54) is 0 Å². The van der Waals surface area contributed by atoms with E-state index in [0.717, 1.165) is 41.5 Å². The fourth-order valence-electron chi connectivity index (χ4n) is 4.87. The highest BCUT2D eigenvalue weighted by atomic mass is 16.5. The minimum atomic E-state index is -0.370. The van der Waals surface area contributed by atoms with Gasteiger partial charge < -0.3 is 19.5 Å². The molecule has 184 valence electrons. The molecule has 3 aromatic rings. The first-order valence-corrected chi connectivity index (χ1v) is 12.0. The number of aryl methyl sites for hydroxylation is 2. The summed E-state index contributed by atoms with van der Waals surface area (Å²) in [6.45, 7) is 10.7. The van der Waals surface area contributed by atoms with Crippen molar-refractivity contribution in [3.63, 3.8) is 0 Å². The summed E-state index contributed by atoms with van der Waals surface area (Å²) in [7, 11) is 1.60. The van der Waals surface area contributed by atoms with Gasteiger partial charge in [-0.3, -0.25) is 9.89 Å². The first kappa shape index (κ1) is 24.4. The minimum absolute atomic E-state index is 0.0879. The maximum Gasteiger partial charge on any atom is 0.273 e. The Morgan fingerprint density at radius 3 is 2.69 bits per heavy atom. The monoisotopic (exact) mass is 475 g/mol. The Kier molecular flexibility index (Phi) is 7.15. The van der Waals surface area contributed by atoms with Crippen LogP contribution in [0.2, 0.25) is 0 Å². The minimum Gasteiger partial charge on any atom is -0.507 e. The third-order valence-electron chi connectivity index (χ3n) is 6.42. The van der Waals surface area contributed by atoms with Crippen molar-refractivity contribution >= 4 is 5.91 Å². The van der Waals surface area contributed by atoms with Gasteiger partial charge in [-0.05, 0) is 55.2 Å². The van der Waals surface area contributed by atoms with Gasteiger partial charge in [0.1, 0.15) is 23.7 Å². The first-order valence-electron chi connectivity index (χ1n) is 12.0. The Bertz CT molecular complexity index is 1220. The van der Waals surface area contributed by atoms with Gasteiger partial charge in [0.25, 0.3) is 5.91 Å². The van der Waals surface area contributed by atoms with Crippen molar-refractivity contribution in [1.82, 2.24) is 15.1 Å². The number of phenolic OH excluding ortho intramolecular Hbond substituents is 1. The van der Waals surface area contributed by atoms with E-state index in [2.05, 4.69) is 23.7 Å². The first-order chi connectivity index (χ1) is 16.9. The second-order valence-electron chi connectivity index (χ2n) is 8.95. The number of amides is 1. The maximum absolute atomic E-state index is 13.5. The van der Waals surface area contributed by atoms with Crippen molar-refractivity contribution < 1.29 is 19.4 Å². The number of hydrogen-bond acceptors (Lipinski definition) is 5. The van der Waals surface area contributed by atoms with Crippen LogP contribution in [-0.4, -0.2) is 46.4 Å². The van der Waals surface area contributed by atoms with Gasteiger partial charge in [-0.1, -0.05) is 44.6 Å². The van der Waals surface area contributed by atoms with Gasteiger partial charge in [0.15, 0.2) is 11.5 Å². The number of phenols is 1. The van der Waals surface area contributed by atoms with Gasteiger partial charge >= 0.3 is 0 Å². The quantitative estimate of drug-likeness (QED) is 0.290. The number of H-pyrrole nitrogens is 1. The van der Waals surface area contributed by atoms with Gasteiger partial charge in [-0.2, -0.15) is 5.10 Å². The van der Waals surface area contributed by atoms with Gasteiger partial charge in [0.05, 0.1) is 13.2 Å². The number of fused-ring (bicyclic) bond motifs is 1. The second kappa shape index (κ2) is 10.3. The molecule has 1 amide bonds. The lowest BCUT2D eigenvalue weighted by Crippen LogP contribution is -2.30. The molecule has 35 heavy (non-hydrogen) atoms. The molecule has 0 fully saturated rings. The number of rotatable bonds is 10. The molecule has 2 aromatic carbocycles. The Balaban J connectivity index is 1.86. The molecule has 1 atom stereocenters. The third kappa shape index (κ3) is 4.50. The largest absolute Gasteiger partial charge is 0.507 e. The van der Waals surface area contributed by atoms with Crippen molar-refractivity contribution in [3.05, 3.63) is 70.9 Å². The predicted molar refractivity (Wildman–Crippen MR) is 136 cm³/mol. The van der Waals surface area contributed by atoms with E-state index < -0.39 is 0 Å². The van der Waals surface area contributed by atoms with E-state index >= 15 is 0 Å². The zero-order valence-corrected chi connectivity index (χ0v) is 20.9. The van der Waals surface area contributed by atoms with Crippen LogP contribution in [-0.2, 0) is 0 Å². The number of ether oxygens (including phenoxy) is 2. The Hall–Kier alpha value is -3.74. The van der Waals surface area contributed by atoms with Crippen molar-refractivity contribution in [2.45, 2.75) is 46.1 Å². The van der Waals surface area contributed by atoms with Gasteiger partial charge in [0.2, 0.25) is 0 Å². The van der Waals surface area contributed by atoms with E-state index in [4.69, 9.17) is 9.47 Å². The van der Waals surface area contributed by atoms with Crippen molar-refractivity contribution in [2.75, 3.05) is 20.3 Å². The summed E-state index contributed by atoms with van der Waals surface area (Å²) < 4.78 is 11.4. The number of aromatic nitrogens is 2. The second-order valence-corrected chi connectivity index (χ2v) is 8.95. The van der Waals surface area contributed by atoms with Crippen LogP contribution in [0.25, 0.3) is 11.3 Å². The van der Waals surface area contributed by atoms with E-state index in [-0.39, 0.29) is 17.7 Å². The normalized spacial score (nSPS) is 14.8. The van der Waals surface area contributed by atoms with E-state index in [0.29, 0.717) is 41.6 Å². The number of carbonyl (C=O) groups is 1. The molecule has 2 N–H and O–H groups in total. The Morgan fingerprint density at radius 1 is 1.20 bits per heavy atom. The molecule has 0 saturated carbocycles.